The largest absolute Gasteiger partial charge is 0.378 e. The molecule has 2 amide bonds. The summed E-state index contributed by atoms with van der Waals surface area (Å²) in [5, 5.41) is 8.12. The second-order valence-corrected chi connectivity index (χ2v) is 12.3. The van der Waals surface area contributed by atoms with Gasteiger partial charge in [-0.2, -0.15) is 0 Å². The summed E-state index contributed by atoms with van der Waals surface area (Å²) in [6.07, 6.45) is 3.32. The molecule has 0 saturated heterocycles. The lowest BCUT2D eigenvalue weighted by Crippen LogP contribution is -2.47. The number of carbonyl (C=O) groups is 2. The van der Waals surface area contributed by atoms with Crippen molar-refractivity contribution < 1.29 is 9.59 Å². The van der Waals surface area contributed by atoms with E-state index in [-0.39, 0.29) is 17.7 Å². The Morgan fingerprint density at radius 1 is 1.02 bits per heavy atom. The fourth-order valence-corrected chi connectivity index (χ4v) is 5.95. The summed E-state index contributed by atoms with van der Waals surface area (Å²) < 4.78 is 2.34. The van der Waals surface area contributed by atoms with E-state index in [9.17, 15) is 9.59 Å². The highest BCUT2D eigenvalue weighted by Crippen LogP contribution is 2.28. The number of hydrogen-bond acceptors (Lipinski definition) is 5. The summed E-state index contributed by atoms with van der Waals surface area (Å²) in [5.74, 6) is 0.809. The third-order valence-corrected chi connectivity index (χ3v) is 8.34. The molecule has 4 aromatic rings. The Hall–Kier alpha value is -3.65. The van der Waals surface area contributed by atoms with Crippen molar-refractivity contribution in [2.45, 2.75) is 72.0 Å². The molecule has 8 heteroatoms. The number of fused-ring (bicyclic) bond motifs is 1. The SMILES string of the molecule is CCC(CC)n1c(Cc2cccs2)nc2cc(C(=O)NC(CC(C)C)C(=O)NCc3cccc(N(C)C)c3)ccc21. The van der Waals surface area contributed by atoms with Crippen LogP contribution in [0.1, 0.15) is 79.6 Å². The first-order valence-corrected chi connectivity index (χ1v) is 15.5. The average Bonchev–Trinajstić information content (AvgIpc) is 3.59. The summed E-state index contributed by atoms with van der Waals surface area (Å²) in [7, 11) is 3.98. The normalized spacial score (nSPS) is 12.2. The quantitative estimate of drug-likeness (QED) is 0.189. The van der Waals surface area contributed by atoms with Crippen LogP contribution in [-0.4, -0.2) is 41.5 Å². The fourth-order valence-electron chi connectivity index (χ4n) is 5.25. The molecule has 4 rings (SSSR count). The number of carbonyl (C=O) groups excluding carboxylic acids is 2. The smallest absolute Gasteiger partial charge is 0.252 e. The third-order valence-electron chi connectivity index (χ3n) is 7.47. The molecule has 0 fully saturated rings. The van der Waals surface area contributed by atoms with Crippen molar-refractivity contribution in [3.8, 4) is 0 Å². The van der Waals surface area contributed by atoms with E-state index < -0.39 is 6.04 Å². The van der Waals surface area contributed by atoms with Gasteiger partial charge >= 0.3 is 0 Å². The number of anilines is 1. The zero-order valence-corrected chi connectivity index (χ0v) is 25.9. The van der Waals surface area contributed by atoms with Gasteiger partial charge in [0.2, 0.25) is 5.91 Å². The van der Waals surface area contributed by atoms with Gasteiger partial charge in [0.05, 0.1) is 11.0 Å². The highest BCUT2D eigenvalue weighted by molar-refractivity contribution is 7.09. The standard InChI is InChI=1S/C33H43N5O2S/c1-7-25(8-2)38-30-15-14-24(19-28(30)35-31(38)20-27-13-10-16-41-27)32(39)36-29(17-22(3)4)33(40)34-21-23-11-9-12-26(18-23)37(5)6/h9-16,18-19,22,25,29H,7-8,17,20-21H2,1-6H3,(H,34,40)(H,36,39). The van der Waals surface area contributed by atoms with Crippen LogP contribution >= 0.6 is 11.3 Å². The molecule has 7 nitrogen and oxygen atoms in total. The molecule has 0 aliphatic carbocycles. The van der Waals surface area contributed by atoms with Crippen molar-refractivity contribution in [2.75, 3.05) is 19.0 Å². The van der Waals surface area contributed by atoms with Crippen LogP contribution in [-0.2, 0) is 17.8 Å². The van der Waals surface area contributed by atoms with Gasteiger partial charge in [0, 0.05) is 49.2 Å². The number of rotatable bonds is 13. The molecule has 1 unspecified atom stereocenters. The summed E-state index contributed by atoms with van der Waals surface area (Å²) in [6.45, 7) is 8.92. The molecular weight excluding hydrogens is 530 g/mol. The number of thiophene rings is 1. The predicted molar refractivity (Wildman–Crippen MR) is 170 cm³/mol. The van der Waals surface area contributed by atoms with E-state index in [0.717, 1.165) is 47.4 Å². The van der Waals surface area contributed by atoms with Crippen molar-refractivity contribution in [3.63, 3.8) is 0 Å². The van der Waals surface area contributed by atoms with Gasteiger partial charge in [-0.3, -0.25) is 9.59 Å². The Kier molecular flexibility index (Phi) is 10.2. The van der Waals surface area contributed by atoms with Crippen LogP contribution in [0.2, 0.25) is 0 Å². The van der Waals surface area contributed by atoms with Crippen LogP contribution in [0.4, 0.5) is 5.69 Å². The Bertz CT molecular complexity index is 1450. The van der Waals surface area contributed by atoms with Gasteiger partial charge in [0.25, 0.3) is 5.91 Å². The highest BCUT2D eigenvalue weighted by atomic mass is 32.1. The predicted octanol–water partition coefficient (Wildman–Crippen LogP) is 6.58. The van der Waals surface area contributed by atoms with Crippen LogP contribution in [0.5, 0.6) is 0 Å². The topological polar surface area (TPSA) is 79.3 Å². The molecule has 2 heterocycles. The van der Waals surface area contributed by atoms with Gasteiger partial charge in [-0.05, 0) is 72.5 Å². The molecule has 1 atom stereocenters. The van der Waals surface area contributed by atoms with E-state index >= 15 is 0 Å². The monoisotopic (exact) mass is 573 g/mol. The minimum absolute atomic E-state index is 0.181. The molecule has 0 saturated carbocycles. The zero-order valence-electron chi connectivity index (χ0n) is 25.1. The number of benzene rings is 2. The lowest BCUT2D eigenvalue weighted by atomic mass is 10.0. The van der Waals surface area contributed by atoms with Gasteiger partial charge in [0.15, 0.2) is 0 Å². The van der Waals surface area contributed by atoms with E-state index in [1.807, 2.05) is 55.4 Å². The summed E-state index contributed by atoms with van der Waals surface area (Å²) >= 11 is 1.73. The number of nitrogens with one attached hydrogen (secondary N) is 2. The third kappa shape index (κ3) is 7.55. The molecule has 41 heavy (non-hydrogen) atoms. The van der Waals surface area contributed by atoms with Crippen molar-refractivity contribution in [2.24, 2.45) is 5.92 Å². The highest BCUT2D eigenvalue weighted by Gasteiger charge is 2.24. The first-order valence-electron chi connectivity index (χ1n) is 14.6. The Morgan fingerprint density at radius 3 is 2.46 bits per heavy atom. The van der Waals surface area contributed by atoms with Crippen LogP contribution in [0.3, 0.4) is 0 Å². The average molecular weight is 574 g/mol. The summed E-state index contributed by atoms with van der Waals surface area (Å²) in [6, 6.07) is 17.7. The summed E-state index contributed by atoms with van der Waals surface area (Å²) in [4.78, 5) is 35.0. The molecule has 0 bridgehead atoms. The molecule has 0 spiro atoms. The molecule has 0 aliphatic heterocycles. The molecule has 0 radical (unpaired) electrons. The van der Waals surface area contributed by atoms with Crippen molar-refractivity contribution in [1.29, 1.82) is 0 Å². The fraction of sp³-hybridized carbons (Fsp3) is 0.424. The summed E-state index contributed by atoms with van der Waals surface area (Å²) in [5.41, 5.74) is 4.44. The minimum atomic E-state index is -0.633. The van der Waals surface area contributed by atoms with Gasteiger partial charge in [-0.25, -0.2) is 4.98 Å². The number of amides is 2. The van der Waals surface area contributed by atoms with Gasteiger partial charge < -0.3 is 20.1 Å². The number of nitrogens with zero attached hydrogens (tertiary/aromatic N) is 3. The van der Waals surface area contributed by atoms with Crippen molar-refractivity contribution in [1.82, 2.24) is 20.2 Å². The van der Waals surface area contributed by atoms with Crippen molar-refractivity contribution >= 4 is 39.9 Å². The maximum Gasteiger partial charge on any atom is 0.252 e. The maximum absolute atomic E-state index is 13.4. The molecule has 0 aliphatic rings. The van der Waals surface area contributed by atoms with E-state index in [0.29, 0.717) is 24.6 Å². The second kappa shape index (κ2) is 13.8. The Balaban J connectivity index is 1.53. The van der Waals surface area contributed by atoms with E-state index in [2.05, 4.69) is 66.5 Å². The van der Waals surface area contributed by atoms with Gasteiger partial charge in [-0.1, -0.05) is 45.9 Å². The van der Waals surface area contributed by atoms with Crippen LogP contribution in [0.15, 0.2) is 60.0 Å². The molecular formula is C33H43N5O2S. The van der Waals surface area contributed by atoms with Crippen LogP contribution in [0, 0.1) is 5.92 Å². The van der Waals surface area contributed by atoms with E-state index in [1.165, 1.54) is 4.88 Å². The van der Waals surface area contributed by atoms with Gasteiger partial charge in [0.1, 0.15) is 11.9 Å². The first kappa shape index (κ1) is 30.3. The molecule has 2 aromatic heterocycles. The Morgan fingerprint density at radius 2 is 1.80 bits per heavy atom. The van der Waals surface area contributed by atoms with Crippen LogP contribution in [0.25, 0.3) is 11.0 Å². The van der Waals surface area contributed by atoms with E-state index in [1.54, 1.807) is 11.3 Å². The number of aromatic nitrogens is 2. The number of imidazole rings is 1. The Labute approximate surface area is 248 Å². The zero-order chi connectivity index (χ0) is 29.5. The minimum Gasteiger partial charge on any atom is -0.378 e. The molecule has 2 N–H and O–H groups in total. The maximum atomic E-state index is 13.4. The molecule has 218 valence electrons. The second-order valence-electron chi connectivity index (χ2n) is 11.3. The van der Waals surface area contributed by atoms with E-state index in [4.69, 9.17) is 4.98 Å². The van der Waals surface area contributed by atoms with Crippen LogP contribution < -0.4 is 15.5 Å². The number of hydrogen-bond donors (Lipinski definition) is 2. The van der Waals surface area contributed by atoms with Crippen molar-refractivity contribution in [3.05, 3.63) is 81.8 Å². The first-order chi connectivity index (χ1) is 19.7. The molecule has 2 aromatic carbocycles. The van der Waals surface area contributed by atoms with Gasteiger partial charge in [-0.15, -0.1) is 11.3 Å². The lowest BCUT2D eigenvalue weighted by molar-refractivity contribution is -0.123. The lowest BCUT2D eigenvalue weighted by Gasteiger charge is -2.21.